The molecule has 0 amide bonds. The lowest BCUT2D eigenvalue weighted by Gasteiger charge is -2.17. The number of hydrogen-bond donors (Lipinski definition) is 1. The van der Waals surface area contributed by atoms with E-state index in [4.69, 9.17) is 4.42 Å². The number of nitrogens with one attached hydrogen (secondary N) is 1. The van der Waals surface area contributed by atoms with Crippen LogP contribution in [0.1, 0.15) is 28.6 Å². The SMILES string of the molecule is O=C(CC(Nc1ccc([N+](=O)[O-])cc1)c1ccco1)c1ccc(Br)cc1. The maximum absolute atomic E-state index is 12.6. The molecule has 0 bridgehead atoms. The normalized spacial score (nSPS) is 11.7. The molecular formula is C19H15BrN2O4. The zero-order chi connectivity index (χ0) is 18.5. The Morgan fingerprint density at radius 1 is 1.12 bits per heavy atom. The summed E-state index contributed by atoms with van der Waals surface area (Å²) < 4.78 is 6.36. The van der Waals surface area contributed by atoms with Crippen molar-refractivity contribution in [1.29, 1.82) is 0 Å². The van der Waals surface area contributed by atoms with Crippen molar-refractivity contribution in [3.63, 3.8) is 0 Å². The van der Waals surface area contributed by atoms with Gasteiger partial charge in [-0.2, -0.15) is 0 Å². The predicted molar refractivity (Wildman–Crippen MR) is 101 cm³/mol. The van der Waals surface area contributed by atoms with Gasteiger partial charge in [-0.25, -0.2) is 0 Å². The van der Waals surface area contributed by atoms with Crippen LogP contribution in [-0.2, 0) is 0 Å². The van der Waals surface area contributed by atoms with Crippen molar-refractivity contribution >= 4 is 33.1 Å². The number of nitrogens with zero attached hydrogens (tertiary/aromatic N) is 1. The first-order chi connectivity index (χ1) is 12.5. The summed E-state index contributed by atoms with van der Waals surface area (Å²) in [6, 6.07) is 16.4. The van der Waals surface area contributed by atoms with Gasteiger partial charge < -0.3 is 9.73 Å². The van der Waals surface area contributed by atoms with Gasteiger partial charge in [0.1, 0.15) is 5.76 Å². The topological polar surface area (TPSA) is 85.4 Å². The second kappa shape index (κ2) is 7.97. The summed E-state index contributed by atoms with van der Waals surface area (Å²) in [6.45, 7) is 0. The van der Waals surface area contributed by atoms with Crippen molar-refractivity contribution in [1.82, 2.24) is 0 Å². The Morgan fingerprint density at radius 2 is 1.81 bits per heavy atom. The highest BCUT2D eigenvalue weighted by molar-refractivity contribution is 9.10. The van der Waals surface area contributed by atoms with Crippen molar-refractivity contribution in [3.8, 4) is 0 Å². The van der Waals surface area contributed by atoms with Gasteiger partial charge in [-0.05, 0) is 36.4 Å². The number of nitro groups is 1. The molecule has 0 fully saturated rings. The van der Waals surface area contributed by atoms with E-state index < -0.39 is 4.92 Å². The lowest BCUT2D eigenvalue weighted by Crippen LogP contribution is -2.15. The molecule has 26 heavy (non-hydrogen) atoms. The minimum Gasteiger partial charge on any atom is -0.467 e. The summed E-state index contributed by atoms with van der Waals surface area (Å²) in [5.41, 5.74) is 1.28. The summed E-state index contributed by atoms with van der Waals surface area (Å²) in [4.78, 5) is 22.9. The molecule has 0 saturated carbocycles. The predicted octanol–water partition coefficient (Wildman–Crippen LogP) is 5.38. The van der Waals surface area contributed by atoms with Crippen LogP contribution in [0.4, 0.5) is 11.4 Å². The zero-order valence-corrected chi connectivity index (χ0v) is 15.2. The molecule has 0 spiro atoms. The summed E-state index contributed by atoms with van der Waals surface area (Å²) in [7, 11) is 0. The van der Waals surface area contributed by atoms with E-state index in [1.165, 1.54) is 12.1 Å². The highest BCUT2D eigenvalue weighted by Gasteiger charge is 2.20. The third-order valence-electron chi connectivity index (χ3n) is 3.86. The number of Topliss-reactive ketones (excluding diaryl/α,β-unsaturated/α-hetero) is 1. The minimum absolute atomic E-state index is 0.0102. The van der Waals surface area contributed by atoms with E-state index in [0.717, 1.165) is 4.47 Å². The molecule has 1 aromatic heterocycles. The maximum Gasteiger partial charge on any atom is 0.269 e. The fourth-order valence-electron chi connectivity index (χ4n) is 2.53. The van der Waals surface area contributed by atoms with Gasteiger partial charge in [0.2, 0.25) is 0 Å². The van der Waals surface area contributed by atoms with E-state index >= 15 is 0 Å². The number of nitro benzene ring substituents is 1. The molecule has 0 saturated heterocycles. The Morgan fingerprint density at radius 3 is 2.38 bits per heavy atom. The average Bonchev–Trinajstić information content (AvgIpc) is 3.16. The van der Waals surface area contributed by atoms with Gasteiger partial charge in [0.25, 0.3) is 5.69 Å². The van der Waals surface area contributed by atoms with Crippen LogP contribution in [0.15, 0.2) is 75.8 Å². The number of benzene rings is 2. The molecule has 1 heterocycles. The van der Waals surface area contributed by atoms with Crippen LogP contribution in [-0.4, -0.2) is 10.7 Å². The van der Waals surface area contributed by atoms with E-state index in [0.29, 0.717) is 17.0 Å². The van der Waals surface area contributed by atoms with Gasteiger partial charge in [0.05, 0.1) is 17.2 Å². The van der Waals surface area contributed by atoms with Crippen LogP contribution in [0.5, 0.6) is 0 Å². The molecular weight excluding hydrogens is 400 g/mol. The number of carbonyl (C=O) groups excluding carboxylic acids is 1. The van der Waals surface area contributed by atoms with E-state index in [1.807, 2.05) is 12.1 Å². The first-order valence-corrected chi connectivity index (χ1v) is 8.65. The van der Waals surface area contributed by atoms with Gasteiger partial charge in [-0.3, -0.25) is 14.9 Å². The van der Waals surface area contributed by atoms with Crippen LogP contribution in [0.2, 0.25) is 0 Å². The first-order valence-electron chi connectivity index (χ1n) is 7.86. The van der Waals surface area contributed by atoms with Gasteiger partial charge >= 0.3 is 0 Å². The summed E-state index contributed by atoms with van der Waals surface area (Å²) in [5, 5.41) is 14.0. The number of non-ortho nitro benzene ring substituents is 1. The van der Waals surface area contributed by atoms with Crippen molar-refractivity contribution in [3.05, 3.63) is 92.8 Å². The van der Waals surface area contributed by atoms with Crippen molar-refractivity contribution in [2.75, 3.05) is 5.32 Å². The van der Waals surface area contributed by atoms with Crippen LogP contribution in [0, 0.1) is 10.1 Å². The molecule has 0 radical (unpaired) electrons. The summed E-state index contributed by atoms with van der Waals surface area (Å²) >= 11 is 3.35. The monoisotopic (exact) mass is 414 g/mol. The molecule has 1 atom stereocenters. The van der Waals surface area contributed by atoms with Crippen LogP contribution >= 0.6 is 15.9 Å². The lowest BCUT2D eigenvalue weighted by atomic mass is 10.0. The minimum atomic E-state index is -0.454. The van der Waals surface area contributed by atoms with Gasteiger partial charge in [0, 0.05) is 34.3 Å². The third-order valence-corrected chi connectivity index (χ3v) is 4.39. The van der Waals surface area contributed by atoms with Gasteiger partial charge in [-0.15, -0.1) is 0 Å². The van der Waals surface area contributed by atoms with Gasteiger partial charge in [0.15, 0.2) is 5.78 Å². The molecule has 0 aliphatic carbocycles. The summed E-state index contributed by atoms with van der Waals surface area (Å²) in [5.74, 6) is 0.585. The second-order valence-corrected chi connectivity index (χ2v) is 6.57. The van der Waals surface area contributed by atoms with E-state index in [-0.39, 0.29) is 23.9 Å². The fourth-order valence-corrected chi connectivity index (χ4v) is 2.80. The lowest BCUT2D eigenvalue weighted by molar-refractivity contribution is -0.384. The molecule has 7 heteroatoms. The van der Waals surface area contributed by atoms with E-state index in [2.05, 4.69) is 21.2 Å². The average molecular weight is 415 g/mol. The van der Waals surface area contributed by atoms with E-state index in [9.17, 15) is 14.9 Å². The van der Waals surface area contributed by atoms with Crippen LogP contribution in [0.3, 0.4) is 0 Å². The first kappa shape index (κ1) is 17.9. The third kappa shape index (κ3) is 4.37. The molecule has 132 valence electrons. The Bertz CT molecular complexity index is 890. The number of anilines is 1. The Balaban J connectivity index is 1.78. The number of rotatable bonds is 7. The quantitative estimate of drug-likeness (QED) is 0.318. The number of hydrogen-bond acceptors (Lipinski definition) is 5. The van der Waals surface area contributed by atoms with Gasteiger partial charge in [-0.1, -0.05) is 28.1 Å². The number of ketones is 1. The maximum atomic E-state index is 12.6. The van der Waals surface area contributed by atoms with Crippen molar-refractivity contribution < 1.29 is 14.1 Å². The Kier molecular flexibility index (Phi) is 5.48. The number of halogens is 1. The van der Waals surface area contributed by atoms with Crippen molar-refractivity contribution in [2.24, 2.45) is 0 Å². The molecule has 0 aliphatic rings. The molecule has 3 aromatic rings. The number of carbonyl (C=O) groups is 1. The second-order valence-electron chi connectivity index (χ2n) is 5.65. The molecule has 6 nitrogen and oxygen atoms in total. The highest BCUT2D eigenvalue weighted by Crippen LogP contribution is 2.26. The molecule has 3 rings (SSSR count). The number of furan rings is 1. The molecule has 0 aliphatic heterocycles. The fraction of sp³-hybridized carbons (Fsp3) is 0.105. The van der Waals surface area contributed by atoms with Crippen LogP contribution in [0.25, 0.3) is 0 Å². The molecule has 1 N–H and O–H groups in total. The standard InChI is InChI=1S/C19H15BrN2O4/c20-14-5-3-13(4-6-14)18(23)12-17(19-2-1-11-26-19)21-15-7-9-16(10-8-15)22(24)25/h1-11,17,21H,12H2. The highest BCUT2D eigenvalue weighted by atomic mass is 79.9. The van der Waals surface area contributed by atoms with Crippen LogP contribution < -0.4 is 5.32 Å². The Hall–Kier alpha value is -2.93. The zero-order valence-electron chi connectivity index (χ0n) is 13.6. The van der Waals surface area contributed by atoms with Crippen molar-refractivity contribution in [2.45, 2.75) is 12.5 Å². The molecule has 2 aromatic carbocycles. The largest absolute Gasteiger partial charge is 0.467 e. The van der Waals surface area contributed by atoms with E-state index in [1.54, 1.807) is 42.7 Å². The molecule has 1 unspecified atom stereocenters. The Labute approximate surface area is 158 Å². The summed E-state index contributed by atoms with van der Waals surface area (Å²) in [6.07, 6.45) is 1.73. The smallest absolute Gasteiger partial charge is 0.269 e.